The molecule has 4 nitrogen and oxygen atoms in total. The highest BCUT2D eigenvalue weighted by atomic mass is 28.4. The summed E-state index contributed by atoms with van der Waals surface area (Å²) in [7, 11) is -2.62. The lowest BCUT2D eigenvalue weighted by Gasteiger charge is -2.50. The number of piperidine rings is 2. The van der Waals surface area contributed by atoms with Gasteiger partial charge in [-0.05, 0) is 77.2 Å². The summed E-state index contributed by atoms with van der Waals surface area (Å²) in [6.07, 6.45) is 2.98. The number of fused-ring (bicyclic) bond motifs is 1. The van der Waals surface area contributed by atoms with Crippen molar-refractivity contribution in [2.24, 2.45) is 0 Å². The van der Waals surface area contributed by atoms with Crippen molar-refractivity contribution < 1.29 is 26.8 Å². The smallest absolute Gasteiger partial charge is 0.332 e. The molecule has 0 bridgehead atoms. The molecule has 1 aromatic rings. The third-order valence-corrected chi connectivity index (χ3v) is 7.35. The van der Waals surface area contributed by atoms with Crippen LogP contribution in [0.2, 0.25) is 13.1 Å². The molecule has 2 aliphatic rings. The molecule has 0 saturated carbocycles. The zero-order valence-corrected chi connectivity index (χ0v) is 18.7. The summed E-state index contributed by atoms with van der Waals surface area (Å²) < 4.78 is 54.2. The lowest BCUT2D eigenvalue weighted by Crippen LogP contribution is -2.56. The Hall–Kier alpha value is -1.38. The molecule has 0 aromatic heterocycles. The highest BCUT2D eigenvalue weighted by Gasteiger charge is 2.46. The van der Waals surface area contributed by atoms with Gasteiger partial charge in [0, 0.05) is 12.5 Å². The molecular formula is C21H30F3NO3Si. The topological polar surface area (TPSA) is 38.8 Å². The standard InChI is InChI=1S/C21H30F3NO3Si/c1-21(2,3)28-29(4,5)27-17-10-9-14-7-6-8-18(26)25(14)20(17)13-11-15(22)19(24)16(23)12-13/h11-12,14,17,20H,6-10H2,1-5H3/t14-,17-,20-/m1/s1. The van der Waals surface area contributed by atoms with Crippen LogP contribution in [0.5, 0.6) is 0 Å². The van der Waals surface area contributed by atoms with Gasteiger partial charge >= 0.3 is 8.56 Å². The second-order valence-corrected chi connectivity index (χ2v) is 12.7. The Labute approximate surface area is 171 Å². The first-order valence-corrected chi connectivity index (χ1v) is 13.0. The molecule has 2 heterocycles. The third-order valence-electron chi connectivity index (χ3n) is 5.38. The summed E-state index contributed by atoms with van der Waals surface area (Å²) in [5.41, 5.74) is -0.177. The van der Waals surface area contributed by atoms with Crippen LogP contribution in [-0.4, -0.2) is 37.1 Å². The predicted octanol–water partition coefficient (Wildman–Crippen LogP) is 5.22. The maximum absolute atomic E-state index is 14.0. The minimum Gasteiger partial charge on any atom is -0.390 e. The number of amides is 1. The first-order chi connectivity index (χ1) is 13.4. The van der Waals surface area contributed by atoms with Gasteiger partial charge in [-0.3, -0.25) is 4.79 Å². The molecular weight excluding hydrogens is 399 g/mol. The molecule has 0 spiro atoms. The van der Waals surface area contributed by atoms with Gasteiger partial charge in [-0.15, -0.1) is 0 Å². The monoisotopic (exact) mass is 429 g/mol. The molecule has 0 unspecified atom stereocenters. The molecule has 29 heavy (non-hydrogen) atoms. The van der Waals surface area contributed by atoms with Crippen molar-refractivity contribution >= 4 is 14.5 Å². The van der Waals surface area contributed by atoms with Gasteiger partial charge in [0.2, 0.25) is 5.91 Å². The van der Waals surface area contributed by atoms with E-state index in [0.29, 0.717) is 12.8 Å². The first-order valence-electron chi connectivity index (χ1n) is 10.2. The Morgan fingerprint density at radius 3 is 2.28 bits per heavy atom. The SMILES string of the molecule is CC(C)(C)O[Si](C)(C)O[C@@H]1CC[C@H]2CCCC(=O)N2[C@@H]1c1cc(F)c(F)c(F)c1. The van der Waals surface area contributed by atoms with Crippen molar-refractivity contribution in [3.8, 4) is 0 Å². The van der Waals surface area contributed by atoms with E-state index in [9.17, 15) is 18.0 Å². The average Bonchev–Trinajstić information content (AvgIpc) is 2.57. The fourth-order valence-corrected chi connectivity index (χ4v) is 7.19. The van der Waals surface area contributed by atoms with E-state index < -0.39 is 43.8 Å². The van der Waals surface area contributed by atoms with Crippen molar-refractivity contribution in [2.75, 3.05) is 0 Å². The van der Waals surface area contributed by atoms with Gasteiger partial charge in [0.1, 0.15) is 0 Å². The van der Waals surface area contributed by atoms with Crippen LogP contribution in [0.15, 0.2) is 12.1 Å². The highest BCUT2D eigenvalue weighted by Crippen LogP contribution is 2.42. The number of rotatable bonds is 4. The van der Waals surface area contributed by atoms with E-state index in [1.807, 2.05) is 33.9 Å². The van der Waals surface area contributed by atoms with Crippen LogP contribution in [0, 0.1) is 17.5 Å². The van der Waals surface area contributed by atoms with Crippen LogP contribution >= 0.6 is 0 Å². The Morgan fingerprint density at radius 2 is 1.69 bits per heavy atom. The number of carbonyl (C=O) groups excluding carboxylic acids is 1. The molecule has 1 aromatic carbocycles. The fourth-order valence-electron chi connectivity index (χ4n) is 4.69. The summed E-state index contributed by atoms with van der Waals surface area (Å²) in [5.74, 6) is -4.07. The van der Waals surface area contributed by atoms with Gasteiger partial charge in [0.25, 0.3) is 0 Å². The molecule has 0 N–H and O–H groups in total. The Morgan fingerprint density at radius 1 is 1.07 bits per heavy atom. The van der Waals surface area contributed by atoms with E-state index in [-0.39, 0.29) is 17.5 Å². The lowest BCUT2D eigenvalue weighted by molar-refractivity contribution is -0.148. The number of nitrogens with zero attached hydrogens (tertiary/aromatic N) is 1. The average molecular weight is 430 g/mol. The van der Waals surface area contributed by atoms with Gasteiger partial charge in [-0.1, -0.05) is 0 Å². The van der Waals surface area contributed by atoms with Crippen LogP contribution in [0.4, 0.5) is 13.2 Å². The molecule has 1 amide bonds. The van der Waals surface area contributed by atoms with Gasteiger partial charge in [-0.25, -0.2) is 13.2 Å². The normalized spacial score (nSPS) is 25.9. The van der Waals surface area contributed by atoms with Crippen molar-refractivity contribution in [3.63, 3.8) is 0 Å². The first kappa shape index (κ1) is 22.3. The predicted molar refractivity (Wildman–Crippen MR) is 106 cm³/mol. The summed E-state index contributed by atoms with van der Waals surface area (Å²) in [4.78, 5) is 14.5. The van der Waals surface area contributed by atoms with Crippen LogP contribution in [0.1, 0.15) is 64.5 Å². The summed E-state index contributed by atoms with van der Waals surface area (Å²) >= 11 is 0. The van der Waals surface area contributed by atoms with Gasteiger partial charge in [0.05, 0.1) is 17.7 Å². The summed E-state index contributed by atoms with van der Waals surface area (Å²) in [6, 6.07) is 1.32. The van der Waals surface area contributed by atoms with Crippen molar-refractivity contribution in [2.45, 2.75) is 89.8 Å². The summed E-state index contributed by atoms with van der Waals surface area (Å²) in [6.45, 7) is 9.67. The molecule has 8 heteroatoms. The molecule has 2 fully saturated rings. The highest BCUT2D eigenvalue weighted by molar-refractivity contribution is 6.64. The second-order valence-electron chi connectivity index (χ2n) is 9.44. The number of halogens is 3. The maximum Gasteiger partial charge on any atom is 0.332 e. The van der Waals surface area contributed by atoms with E-state index in [4.69, 9.17) is 8.85 Å². The van der Waals surface area contributed by atoms with Gasteiger partial charge in [-0.2, -0.15) is 0 Å². The Kier molecular flexibility index (Phi) is 6.18. The van der Waals surface area contributed by atoms with Gasteiger partial charge < -0.3 is 13.8 Å². The van der Waals surface area contributed by atoms with Crippen LogP contribution in [0.3, 0.4) is 0 Å². The largest absolute Gasteiger partial charge is 0.390 e. The minimum absolute atomic E-state index is 0.00517. The molecule has 2 aliphatic heterocycles. The van der Waals surface area contributed by atoms with Crippen molar-refractivity contribution in [3.05, 3.63) is 35.1 Å². The molecule has 3 atom stereocenters. The van der Waals surface area contributed by atoms with E-state index >= 15 is 0 Å². The number of benzene rings is 1. The number of hydrogen-bond acceptors (Lipinski definition) is 3. The quantitative estimate of drug-likeness (QED) is 0.486. The van der Waals surface area contributed by atoms with Crippen LogP contribution in [-0.2, 0) is 13.6 Å². The zero-order chi connectivity index (χ0) is 21.6. The molecule has 2 saturated heterocycles. The van der Waals surface area contributed by atoms with Crippen molar-refractivity contribution in [1.29, 1.82) is 0 Å². The van der Waals surface area contributed by atoms with Crippen LogP contribution in [0.25, 0.3) is 0 Å². The second kappa shape index (κ2) is 8.04. The molecule has 162 valence electrons. The minimum atomic E-state index is -2.62. The van der Waals surface area contributed by atoms with Gasteiger partial charge in [0.15, 0.2) is 17.5 Å². The van der Waals surface area contributed by atoms with E-state index in [1.54, 1.807) is 4.90 Å². The fraction of sp³-hybridized carbons (Fsp3) is 0.667. The Balaban J connectivity index is 1.99. The molecule has 0 aliphatic carbocycles. The lowest BCUT2D eigenvalue weighted by atomic mass is 9.84. The number of hydrogen-bond donors (Lipinski definition) is 0. The maximum atomic E-state index is 14.0. The van der Waals surface area contributed by atoms with E-state index in [2.05, 4.69) is 0 Å². The molecule has 0 radical (unpaired) electrons. The number of carbonyl (C=O) groups is 1. The molecule has 3 rings (SSSR count). The zero-order valence-electron chi connectivity index (χ0n) is 17.7. The summed E-state index contributed by atoms with van der Waals surface area (Å²) in [5, 5.41) is 0. The van der Waals surface area contributed by atoms with E-state index in [0.717, 1.165) is 31.4 Å². The third kappa shape index (κ3) is 5.03. The van der Waals surface area contributed by atoms with Crippen LogP contribution < -0.4 is 0 Å². The van der Waals surface area contributed by atoms with E-state index in [1.165, 1.54) is 0 Å². The Bertz CT molecular complexity index is 758. The van der Waals surface area contributed by atoms with Crippen molar-refractivity contribution in [1.82, 2.24) is 4.90 Å².